The molecule has 66 heavy (non-hydrogen) atoms. The first-order valence-electron chi connectivity index (χ1n) is 22.3. The van der Waals surface area contributed by atoms with E-state index < -0.39 is 18.3 Å². The van der Waals surface area contributed by atoms with Crippen LogP contribution in [0.5, 0.6) is 0 Å². The lowest BCUT2D eigenvalue weighted by atomic mass is 9.85. The monoisotopic (exact) mass is 856 g/mol. The SMILES string of the molecule is OC(c1ccc(C=Cc2ccccc2)c(C=Cc2ccccc2)c1C=Cc1ccccc1)C(O)C(O)c1ccc(C=Cc2ccccc2)c(C=Cc2ccccc2)c1C=Cc1ccccc1. The van der Waals surface area contributed by atoms with E-state index in [2.05, 4.69) is 72.9 Å². The van der Waals surface area contributed by atoms with Gasteiger partial charge in [-0.3, -0.25) is 0 Å². The fraction of sp³-hybridized carbons (Fsp3) is 0.0476. The van der Waals surface area contributed by atoms with E-state index >= 15 is 0 Å². The van der Waals surface area contributed by atoms with Gasteiger partial charge in [0.15, 0.2) is 0 Å². The maximum Gasteiger partial charge on any atom is 0.114 e. The molecule has 0 fully saturated rings. The number of hydrogen-bond donors (Lipinski definition) is 3. The minimum atomic E-state index is -1.62. The molecule has 0 aliphatic rings. The van der Waals surface area contributed by atoms with Crippen molar-refractivity contribution in [2.45, 2.75) is 18.3 Å². The van der Waals surface area contributed by atoms with Crippen LogP contribution in [0.3, 0.4) is 0 Å². The summed E-state index contributed by atoms with van der Waals surface area (Å²) in [4.78, 5) is 0. The van der Waals surface area contributed by atoms with Gasteiger partial charge in [0, 0.05) is 0 Å². The second-order valence-corrected chi connectivity index (χ2v) is 16.0. The molecule has 3 N–H and O–H groups in total. The summed E-state index contributed by atoms with van der Waals surface area (Å²) in [6, 6.07) is 68.1. The molecule has 0 bridgehead atoms. The normalized spacial score (nSPS) is 13.4. The molecule has 2 unspecified atom stereocenters. The summed E-state index contributed by atoms with van der Waals surface area (Å²) < 4.78 is 0. The maximum atomic E-state index is 12.5. The third-order valence-electron chi connectivity index (χ3n) is 11.5. The second-order valence-electron chi connectivity index (χ2n) is 16.0. The fourth-order valence-corrected chi connectivity index (χ4v) is 7.91. The Bertz CT molecular complexity index is 2760. The number of rotatable bonds is 16. The Morgan fingerprint density at radius 3 is 0.712 bits per heavy atom. The Kier molecular flexibility index (Phi) is 15.3. The van der Waals surface area contributed by atoms with Crippen LogP contribution >= 0.6 is 0 Å². The number of hydrogen-bond acceptors (Lipinski definition) is 3. The predicted molar refractivity (Wildman–Crippen MR) is 281 cm³/mol. The van der Waals surface area contributed by atoms with Crippen molar-refractivity contribution >= 4 is 72.9 Å². The van der Waals surface area contributed by atoms with Crippen LogP contribution in [0.2, 0.25) is 0 Å². The molecule has 0 spiro atoms. The smallest absolute Gasteiger partial charge is 0.114 e. The van der Waals surface area contributed by atoms with Crippen LogP contribution in [-0.4, -0.2) is 21.4 Å². The van der Waals surface area contributed by atoms with Gasteiger partial charge in [0.25, 0.3) is 0 Å². The molecular weight excluding hydrogens is 805 g/mol. The Morgan fingerprint density at radius 1 is 0.227 bits per heavy atom. The molecule has 0 radical (unpaired) electrons. The third kappa shape index (κ3) is 11.8. The highest BCUT2D eigenvalue weighted by atomic mass is 16.4. The average Bonchev–Trinajstić information content (AvgIpc) is 3.38. The number of benzene rings is 8. The standard InChI is InChI=1S/C63H52O3/c64-61(59-45-39-53(37-31-47-19-7-1-8-20-47)55(41-33-49-23-11-3-12-24-49)57(59)43-35-51-27-15-5-16-28-51)63(66)62(65)60-46-40-54(38-32-48-21-9-2-10-22-48)56(42-34-50-25-13-4-14-26-50)58(60)44-36-52-29-17-6-18-30-52/h1-46,61-66H. The zero-order valence-corrected chi connectivity index (χ0v) is 36.6. The van der Waals surface area contributed by atoms with E-state index in [4.69, 9.17) is 0 Å². The number of aliphatic hydroxyl groups excluding tert-OH is 3. The molecule has 3 nitrogen and oxygen atoms in total. The molecule has 0 aromatic heterocycles. The van der Waals surface area contributed by atoms with Crippen molar-refractivity contribution in [3.63, 3.8) is 0 Å². The molecule has 8 rings (SSSR count). The van der Waals surface area contributed by atoms with E-state index in [1.165, 1.54) is 0 Å². The summed E-state index contributed by atoms with van der Waals surface area (Å²) in [5.74, 6) is 0. The summed E-state index contributed by atoms with van der Waals surface area (Å²) in [6.45, 7) is 0. The van der Waals surface area contributed by atoms with Crippen LogP contribution in [0.25, 0.3) is 72.9 Å². The van der Waals surface area contributed by atoms with E-state index in [1.807, 2.05) is 206 Å². The van der Waals surface area contributed by atoms with Gasteiger partial charge in [0.05, 0.1) is 0 Å². The molecular formula is C63H52O3. The van der Waals surface area contributed by atoms with Crippen LogP contribution in [0.1, 0.15) is 90.1 Å². The van der Waals surface area contributed by atoms with Gasteiger partial charge in [0.1, 0.15) is 18.3 Å². The van der Waals surface area contributed by atoms with E-state index in [9.17, 15) is 15.3 Å². The molecule has 3 heteroatoms. The van der Waals surface area contributed by atoms with Gasteiger partial charge >= 0.3 is 0 Å². The molecule has 8 aromatic carbocycles. The van der Waals surface area contributed by atoms with Gasteiger partial charge in [-0.15, -0.1) is 0 Å². The van der Waals surface area contributed by atoms with E-state index in [1.54, 1.807) is 0 Å². The zero-order chi connectivity index (χ0) is 45.3. The van der Waals surface area contributed by atoms with Gasteiger partial charge in [-0.05, 0) is 77.9 Å². The van der Waals surface area contributed by atoms with Gasteiger partial charge in [0.2, 0.25) is 0 Å². The molecule has 0 saturated carbocycles. The van der Waals surface area contributed by atoms with Crippen molar-refractivity contribution < 1.29 is 15.3 Å². The van der Waals surface area contributed by atoms with Crippen LogP contribution in [0.15, 0.2) is 206 Å². The van der Waals surface area contributed by atoms with Gasteiger partial charge in [-0.2, -0.15) is 0 Å². The van der Waals surface area contributed by atoms with Crippen molar-refractivity contribution in [2.75, 3.05) is 0 Å². The minimum Gasteiger partial charge on any atom is -0.387 e. The van der Waals surface area contributed by atoms with Crippen LogP contribution in [-0.2, 0) is 0 Å². The Labute approximate surface area is 389 Å². The maximum absolute atomic E-state index is 12.5. The lowest BCUT2D eigenvalue weighted by Gasteiger charge is -2.27. The Morgan fingerprint density at radius 2 is 0.455 bits per heavy atom. The summed E-state index contributed by atoms with van der Waals surface area (Å²) in [5, 5.41) is 37.3. The van der Waals surface area contributed by atoms with Crippen LogP contribution in [0, 0.1) is 0 Å². The molecule has 0 heterocycles. The van der Waals surface area contributed by atoms with Crippen molar-refractivity contribution in [3.8, 4) is 0 Å². The summed E-state index contributed by atoms with van der Waals surface area (Å²) in [6.07, 6.45) is 19.9. The van der Waals surface area contributed by atoms with E-state index in [0.717, 1.165) is 66.8 Å². The Balaban J connectivity index is 1.26. The summed E-state index contributed by atoms with van der Waals surface area (Å²) in [5.41, 5.74) is 12.0. The fourth-order valence-electron chi connectivity index (χ4n) is 7.91. The largest absolute Gasteiger partial charge is 0.387 e. The summed E-state index contributed by atoms with van der Waals surface area (Å²) >= 11 is 0. The minimum absolute atomic E-state index is 0.478. The highest BCUT2D eigenvalue weighted by Gasteiger charge is 2.31. The third-order valence-corrected chi connectivity index (χ3v) is 11.5. The topological polar surface area (TPSA) is 60.7 Å². The van der Waals surface area contributed by atoms with Crippen molar-refractivity contribution in [2.24, 2.45) is 0 Å². The van der Waals surface area contributed by atoms with Crippen molar-refractivity contribution in [1.29, 1.82) is 0 Å². The van der Waals surface area contributed by atoms with Gasteiger partial charge in [-0.25, -0.2) is 0 Å². The van der Waals surface area contributed by atoms with Crippen LogP contribution in [0.4, 0.5) is 0 Å². The molecule has 2 atom stereocenters. The lowest BCUT2D eigenvalue weighted by Crippen LogP contribution is -2.27. The van der Waals surface area contributed by atoms with Gasteiger partial charge < -0.3 is 15.3 Å². The molecule has 0 aliphatic carbocycles. The molecule has 0 amide bonds. The molecule has 8 aromatic rings. The van der Waals surface area contributed by atoms with E-state index in [0.29, 0.717) is 11.1 Å². The predicted octanol–water partition coefficient (Wildman–Crippen LogP) is 14.8. The first kappa shape index (κ1) is 44.7. The highest BCUT2D eigenvalue weighted by Crippen LogP contribution is 2.37. The quantitative estimate of drug-likeness (QED) is 0.0849. The first-order valence-corrected chi connectivity index (χ1v) is 22.3. The second kappa shape index (κ2) is 22.6. The highest BCUT2D eigenvalue weighted by molar-refractivity contribution is 5.89. The Hall–Kier alpha value is -7.92. The van der Waals surface area contributed by atoms with Crippen molar-refractivity contribution in [3.05, 3.63) is 284 Å². The van der Waals surface area contributed by atoms with E-state index in [-0.39, 0.29) is 0 Å². The molecule has 0 saturated heterocycles. The van der Waals surface area contributed by atoms with Crippen molar-refractivity contribution in [1.82, 2.24) is 0 Å². The molecule has 0 aliphatic heterocycles. The molecule has 322 valence electrons. The average molecular weight is 857 g/mol. The van der Waals surface area contributed by atoms with Crippen LogP contribution < -0.4 is 0 Å². The summed E-state index contributed by atoms with van der Waals surface area (Å²) in [7, 11) is 0. The van der Waals surface area contributed by atoms with Gasteiger partial charge in [-0.1, -0.05) is 279 Å². The lowest BCUT2D eigenvalue weighted by molar-refractivity contribution is -0.0623. The zero-order valence-electron chi connectivity index (χ0n) is 36.6. The number of aliphatic hydroxyl groups is 3. The first-order chi connectivity index (χ1) is 32.5.